The van der Waals surface area contributed by atoms with Crippen LogP contribution in [-0.4, -0.2) is 34.3 Å². The highest BCUT2D eigenvalue weighted by molar-refractivity contribution is 6.33. The van der Waals surface area contributed by atoms with Crippen LogP contribution in [0, 0.1) is 12.8 Å². The number of hydrogen-bond acceptors (Lipinski definition) is 4. The van der Waals surface area contributed by atoms with Crippen LogP contribution in [0.1, 0.15) is 78.1 Å². The number of benzene rings is 2. The number of fused-ring (bicyclic) bond motifs is 1. The minimum Gasteiger partial charge on any atom is -0.478 e. The summed E-state index contributed by atoms with van der Waals surface area (Å²) in [6.45, 7) is 4.17. The average Bonchev–Trinajstić information content (AvgIpc) is 3.53. The molecule has 2 aromatic heterocycles. The van der Waals surface area contributed by atoms with Crippen LogP contribution in [0.4, 0.5) is 5.69 Å². The van der Waals surface area contributed by atoms with Gasteiger partial charge in [0.2, 0.25) is 0 Å². The largest absolute Gasteiger partial charge is 0.478 e. The Morgan fingerprint density at radius 3 is 2.71 bits per heavy atom. The molecule has 1 saturated carbocycles. The molecule has 198 valence electrons. The normalized spacial score (nSPS) is 16.4. The first-order valence-corrected chi connectivity index (χ1v) is 14.2. The van der Waals surface area contributed by atoms with Crippen molar-refractivity contribution >= 4 is 34.2 Å². The molecule has 0 radical (unpaired) electrons. The Morgan fingerprint density at radius 2 is 1.97 bits per heavy atom. The molecule has 0 bridgehead atoms. The molecular weight excluding hydrogens is 498 g/mol. The summed E-state index contributed by atoms with van der Waals surface area (Å²) in [7, 11) is 0. The van der Waals surface area contributed by atoms with Gasteiger partial charge in [-0.3, -0.25) is 0 Å². The lowest BCUT2D eigenvalue weighted by Gasteiger charge is -2.33. The van der Waals surface area contributed by atoms with Crippen molar-refractivity contribution in [2.24, 2.45) is 5.92 Å². The molecule has 3 heterocycles. The van der Waals surface area contributed by atoms with Gasteiger partial charge in [-0.1, -0.05) is 41.7 Å². The van der Waals surface area contributed by atoms with E-state index >= 15 is 0 Å². The minimum atomic E-state index is -0.896. The first-order valence-electron chi connectivity index (χ1n) is 13.8. The highest BCUT2D eigenvalue weighted by Crippen LogP contribution is 2.45. The summed E-state index contributed by atoms with van der Waals surface area (Å²) in [6, 6.07) is 12.1. The lowest BCUT2D eigenvalue weighted by molar-refractivity contribution is 0.0699. The van der Waals surface area contributed by atoms with Gasteiger partial charge in [0.25, 0.3) is 0 Å². The fourth-order valence-electron chi connectivity index (χ4n) is 6.06. The van der Waals surface area contributed by atoms with E-state index in [-0.39, 0.29) is 0 Å². The van der Waals surface area contributed by atoms with Crippen molar-refractivity contribution < 1.29 is 14.4 Å². The van der Waals surface area contributed by atoms with Crippen molar-refractivity contribution in [3.05, 3.63) is 70.1 Å². The summed E-state index contributed by atoms with van der Waals surface area (Å²) in [5, 5.41) is 15.4. The molecule has 2 fully saturated rings. The monoisotopic (exact) mass is 531 g/mol. The molecule has 6 nitrogen and oxygen atoms in total. The number of aromatic amines is 1. The Hall–Kier alpha value is -3.25. The number of nitrogens with one attached hydrogen (secondary N) is 1. The van der Waals surface area contributed by atoms with E-state index in [4.69, 9.17) is 16.1 Å². The molecule has 1 saturated heterocycles. The first-order chi connectivity index (χ1) is 18.5. The van der Waals surface area contributed by atoms with Gasteiger partial charge < -0.3 is 19.5 Å². The highest BCUT2D eigenvalue weighted by atomic mass is 35.5. The van der Waals surface area contributed by atoms with E-state index < -0.39 is 5.97 Å². The van der Waals surface area contributed by atoms with Gasteiger partial charge in [0, 0.05) is 52.9 Å². The zero-order chi connectivity index (χ0) is 26.2. The number of carboxylic acids is 1. The van der Waals surface area contributed by atoms with Crippen molar-refractivity contribution in [2.75, 3.05) is 18.0 Å². The second-order valence-corrected chi connectivity index (χ2v) is 11.4. The maximum atomic E-state index is 11.4. The number of aromatic nitrogens is 2. The van der Waals surface area contributed by atoms with E-state index in [0.717, 1.165) is 76.0 Å². The lowest BCUT2D eigenvalue weighted by atomic mass is 9.90. The van der Waals surface area contributed by atoms with Crippen LogP contribution in [0.5, 0.6) is 0 Å². The number of nitrogens with zero attached hydrogens (tertiary/aromatic N) is 2. The number of halogens is 1. The van der Waals surface area contributed by atoms with E-state index in [1.54, 1.807) is 6.20 Å². The summed E-state index contributed by atoms with van der Waals surface area (Å²) in [4.78, 5) is 16.9. The highest BCUT2D eigenvalue weighted by Gasteiger charge is 2.33. The zero-order valence-corrected chi connectivity index (χ0v) is 22.6. The summed E-state index contributed by atoms with van der Waals surface area (Å²) in [5.74, 6) is 1.46. The molecule has 0 unspecified atom stereocenters. The molecule has 2 N–H and O–H groups in total. The number of aromatic carboxylic acids is 1. The second-order valence-electron chi connectivity index (χ2n) is 11.0. The number of carbonyl (C=O) groups is 1. The van der Waals surface area contributed by atoms with Crippen molar-refractivity contribution in [3.63, 3.8) is 0 Å². The van der Waals surface area contributed by atoms with Gasteiger partial charge in [-0.05, 0) is 81.2 Å². The third-order valence-corrected chi connectivity index (χ3v) is 8.70. The van der Waals surface area contributed by atoms with Crippen LogP contribution in [0.2, 0.25) is 5.02 Å². The van der Waals surface area contributed by atoms with Gasteiger partial charge in [0.1, 0.15) is 11.5 Å². The van der Waals surface area contributed by atoms with Crippen LogP contribution in [0.15, 0.2) is 47.1 Å². The number of aryl methyl sites for hydroxylation is 1. The standard InChI is InChI=1S/C31H34ClN3O3/c1-19-5-4-8-26(32)28(19)29-24(30(38-34-29)21-9-10-21)7-3-2-6-20-13-15-35(16-14-20)22-11-12-23-25(31(36)37)18-33-27(23)17-22/h4-5,8,11-12,17-18,20-21,33H,2-3,6-7,9-10,13-16H2,1H3,(H,36,37). The number of hydrogen-bond donors (Lipinski definition) is 2. The summed E-state index contributed by atoms with van der Waals surface area (Å²) in [6.07, 6.45) is 10.9. The van der Waals surface area contributed by atoms with E-state index in [2.05, 4.69) is 40.2 Å². The Labute approximate surface area is 228 Å². The van der Waals surface area contributed by atoms with Gasteiger partial charge >= 0.3 is 5.97 Å². The first kappa shape index (κ1) is 25.1. The third-order valence-electron chi connectivity index (χ3n) is 8.39. The molecule has 6 rings (SSSR count). The van der Waals surface area contributed by atoms with Crippen LogP contribution >= 0.6 is 11.6 Å². The SMILES string of the molecule is Cc1cccc(Cl)c1-c1noc(C2CC2)c1CCCCC1CCN(c2ccc3c(C(=O)O)c[nH]c3c2)CC1. The van der Waals surface area contributed by atoms with Crippen molar-refractivity contribution in [1.29, 1.82) is 0 Å². The number of carboxylic acid groups (broad SMARTS) is 1. The van der Waals surface area contributed by atoms with Crippen LogP contribution in [0.3, 0.4) is 0 Å². The Bertz CT molecular complexity index is 1440. The van der Waals surface area contributed by atoms with E-state index in [1.165, 1.54) is 44.1 Å². The smallest absolute Gasteiger partial charge is 0.337 e. The molecule has 2 aromatic carbocycles. The summed E-state index contributed by atoms with van der Waals surface area (Å²) < 4.78 is 5.88. The number of piperidine rings is 1. The molecule has 0 amide bonds. The van der Waals surface area contributed by atoms with Gasteiger partial charge in [0.15, 0.2) is 0 Å². The lowest BCUT2D eigenvalue weighted by Crippen LogP contribution is -2.33. The van der Waals surface area contributed by atoms with Crippen molar-refractivity contribution in [1.82, 2.24) is 10.1 Å². The maximum Gasteiger partial charge on any atom is 0.337 e. The molecule has 38 heavy (non-hydrogen) atoms. The number of H-pyrrole nitrogens is 1. The minimum absolute atomic E-state index is 0.329. The summed E-state index contributed by atoms with van der Waals surface area (Å²) in [5.41, 5.74) is 6.74. The van der Waals surface area contributed by atoms with Gasteiger partial charge in [-0.25, -0.2) is 4.79 Å². The quantitative estimate of drug-likeness (QED) is 0.214. The Kier molecular flexibility index (Phi) is 6.91. The second kappa shape index (κ2) is 10.5. The van der Waals surface area contributed by atoms with Gasteiger partial charge in [-0.2, -0.15) is 0 Å². The topological polar surface area (TPSA) is 82.4 Å². The van der Waals surface area contributed by atoms with E-state index in [1.807, 2.05) is 18.2 Å². The molecule has 0 spiro atoms. The zero-order valence-electron chi connectivity index (χ0n) is 21.8. The van der Waals surface area contributed by atoms with Gasteiger partial charge in [-0.15, -0.1) is 0 Å². The molecule has 2 aliphatic rings. The molecule has 7 heteroatoms. The Morgan fingerprint density at radius 1 is 1.16 bits per heavy atom. The van der Waals surface area contributed by atoms with E-state index in [0.29, 0.717) is 11.5 Å². The van der Waals surface area contributed by atoms with Crippen molar-refractivity contribution in [3.8, 4) is 11.3 Å². The Balaban J connectivity index is 1.04. The third kappa shape index (κ3) is 4.94. The maximum absolute atomic E-state index is 11.4. The number of unbranched alkanes of at least 4 members (excludes halogenated alkanes) is 1. The molecule has 0 atom stereocenters. The fraction of sp³-hybridized carbons (Fsp3) is 0.419. The molecule has 1 aliphatic carbocycles. The summed E-state index contributed by atoms with van der Waals surface area (Å²) >= 11 is 6.59. The predicted molar refractivity (Wildman–Crippen MR) is 151 cm³/mol. The number of rotatable bonds is 9. The van der Waals surface area contributed by atoms with Crippen LogP contribution in [0.25, 0.3) is 22.2 Å². The average molecular weight is 532 g/mol. The van der Waals surface area contributed by atoms with Crippen LogP contribution < -0.4 is 4.90 Å². The predicted octanol–water partition coefficient (Wildman–Crippen LogP) is 7.99. The molecule has 4 aromatic rings. The molecular formula is C31H34ClN3O3. The van der Waals surface area contributed by atoms with Gasteiger partial charge in [0.05, 0.1) is 10.6 Å². The van der Waals surface area contributed by atoms with E-state index in [9.17, 15) is 9.90 Å². The number of anilines is 1. The molecule has 1 aliphatic heterocycles. The van der Waals surface area contributed by atoms with Crippen molar-refractivity contribution in [2.45, 2.75) is 64.2 Å². The fourth-order valence-corrected chi connectivity index (χ4v) is 6.37. The van der Waals surface area contributed by atoms with Crippen LogP contribution in [-0.2, 0) is 6.42 Å².